The highest BCUT2D eigenvalue weighted by Gasteiger charge is 2.36. The van der Waals surface area contributed by atoms with Crippen LogP contribution in [0.15, 0.2) is 65.6 Å². The molecule has 0 spiro atoms. The Bertz CT molecular complexity index is 1340. The number of carboxylic acid groups (broad SMARTS) is 1. The molecule has 0 aromatic heterocycles. The van der Waals surface area contributed by atoms with Crippen LogP contribution in [0.25, 0.3) is 11.1 Å². The van der Waals surface area contributed by atoms with Crippen LogP contribution in [0.5, 0.6) is 11.5 Å². The maximum absolute atomic E-state index is 15.3. The van der Waals surface area contributed by atoms with Crippen LogP contribution in [0, 0.1) is 12.7 Å². The minimum absolute atomic E-state index is 0.0334. The number of hydrogen-bond donors (Lipinski definition) is 1. The van der Waals surface area contributed by atoms with Gasteiger partial charge in [-0.15, -0.1) is 0 Å². The number of benzene rings is 3. The van der Waals surface area contributed by atoms with Crippen LogP contribution in [-0.4, -0.2) is 39.3 Å². The van der Waals surface area contributed by atoms with E-state index in [1.807, 2.05) is 0 Å². The Morgan fingerprint density at radius 2 is 1.91 bits per heavy atom. The van der Waals surface area contributed by atoms with Gasteiger partial charge in [0.1, 0.15) is 11.9 Å². The van der Waals surface area contributed by atoms with Crippen molar-refractivity contribution >= 4 is 21.7 Å². The Morgan fingerprint density at radius 1 is 1.15 bits per heavy atom. The standard InChI is InChI=1S/C25H24FNO6S/c1-16-5-3-8-21(11-16)34(30,31)27-15-20(9-10-24(28)29)33-25-22(26)13-18(14-23(25)27)17-6-4-7-19(12-17)32-2/h3-8,11-14,20H,9-10,15H2,1-2H3,(H,28,29)/t20-/m0/s1. The number of carbonyl (C=O) groups is 1. The number of ether oxygens (including phenoxy) is 2. The van der Waals surface area contributed by atoms with Crippen LogP contribution in [0.1, 0.15) is 18.4 Å². The van der Waals surface area contributed by atoms with Gasteiger partial charge in [-0.05, 0) is 66.4 Å². The SMILES string of the molecule is COc1cccc(-c2cc(F)c3c(c2)N(S(=O)(=O)c2cccc(C)c2)C[C@H](CCC(=O)O)O3)c1. The maximum atomic E-state index is 15.3. The first kappa shape index (κ1) is 23.6. The third kappa shape index (κ3) is 4.70. The van der Waals surface area contributed by atoms with E-state index in [1.54, 1.807) is 55.5 Å². The van der Waals surface area contributed by atoms with E-state index in [-0.39, 0.29) is 35.7 Å². The topological polar surface area (TPSA) is 93.1 Å². The second kappa shape index (κ2) is 9.34. The van der Waals surface area contributed by atoms with Crippen LogP contribution in [0.4, 0.5) is 10.1 Å². The van der Waals surface area contributed by atoms with Crippen LogP contribution in [0.2, 0.25) is 0 Å². The van der Waals surface area contributed by atoms with Gasteiger partial charge in [-0.1, -0.05) is 24.3 Å². The molecule has 0 bridgehead atoms. The van der Waals surface area contributed by atoms with Gasteiger partial charge in [0.2, 0.25) is 0 Å². The maximum Gasteiger partial charge on any atom is 0.303 e. The number of nitrogens with zero attached hydrogens (tertiary/aromatic N) is 1. The van der Waals surface area contributed by atoms with Crippen molar-refractivity contribution in [3.8, 4) is 22.6 Å². The van der Waals surface area contributed by atoms with E-state index >= 15 is 4.39 Å². The van der Waals surface area contributed by atoms with Gasteiger partial charge in [0.05, 0.1) is 24.2 Å². The van der Waals surface area contributed by atoms with Crippen molar-refractivity contribution in [3.05, 3.63) is 72.0 Å². The van der Waals surface area contributed by atoms with E-state index in [0.717, 1.165) is 9.87 Å². The lowest BCUT2D eigenvalue weighted by molar-refractivity contribution is -0.137. The van der Waals surface area contributed by atoms with E-state index in [9.17, 15) is 13.2 Å². The van der Waals surface area contributed by atoms with E-state index < -0.39 is 27.9 Å². The Kier molecular flexibility index (Phi) is 6.47. The predicted molar refractivity (Wildman–Crippen MR) is 125 cm³/mol. The Balaban J connectivity index is 1.85. The van der Waals surface area contributed by atoms with Crippen LogP contribution in [0.3, 0.4) is 0 Å². The monoisotopic (exact) mass is 485 g/mol. The third-order valence-electron chi connectivity index (χ3n) is 5.61. The molecule has 1 atom stereocenters. The first-order chi connectivity index (χ1) is 16.2. The number of hydrogen-bond acceptors (Lipinski definition) is 5. The van der Waals surface area contributed by atoms with Gasteiger partial charge < -0.3 is 14.6 Å². The number of aryl methyl sites for hydroxylation is 1. The molecule has 178 valence electrons. The molecule has 0 fully saturated rings. The summed E-state index contributed by atoms with van der Waals surface area (Å²) in [6, 6.07) is 16.3. The zero-order valence-electron chi connectivity index (χ0n) is 18.7. The van der Waals surface area contributed by atoms with Gasteiger partial charge in [-0.3, -0.25) is 9.10 Å². The average molecular weight is 486 g/mol. The first-order valence-corrected chi connectivity index (χ1v) is 12.1. The molecule has 4 rings (SSSR count). The summed E-state index contributed by atoms with van der Waals surface area (Å²) in [5.74, 6) is -1.43. The molecule has 1 aliphatic rings. The van der Waals surface area contributed by atoms with Crippen LogP contribution in [-0.2, 0) is 14.8 Å². The first-order valence-electron chi connectivity index (χ1n) is 10.6. The number of aliphatic carboxylic acids is 1. The normalized spacial score (nSPS) is 15.4. The summed E-state index contributed by atoms with van der Waals surface area (Å²) >= 11 is 0. The lowest BCUT2D eigenvalue weighted by Gasteiger charge is -2.36. The molecule has 9 heteroatoms. The molecule has 0 saturated carbocycles. The quantitative estimate of drug-likeness (QED) is 0.525. The second-order valence-electron chi connectivity index (χ2n) is 8.06. The molecule has 34 heavy (non-hydrogen) atoms. The average Bonchev–Trinajstić information content (AvgIpc) is 2.82. The molecule has 0 saturated heterocycles. The molecule has 0 unspecified atom stereocenters. The Hall–Kier alpha value is -3.59. The number of halogens is 1. The molecule has 1 aliphatic heterocycles. The molecule has 0 amide bonds. The van der Waals surface area contributed by atoms with E-state index in [4.69, 9.17) is 14.6 Å². The predicted octanol–water partition coefficient (Wildman–Crippen LogP) is 4.63. The zero-order chi connectivity index (χ0) is 24.5. The van der Waals surface area contributed by atoms with Gasteiger partial charge in [0, 0.05) is 6.42 Å². The van der Waals surface area contributed by atoms with E-state index in [2.05, 4.69) is 0 Å². The Labute approximate surface area is 197 Å². The summed E-state index contributed by atoms with van der Waals surface area (Å²) in [7, 11) is -2.56. The molecule has 7 nitrogen and oxygen atoms in total. The molecule has 0 radical (unpaired) electrons. The van der Waals surface area contributed by atoms with E-state index in [0.29, 0.717) is 16.9 Å². The number of anilines is 1. The van der Waals surface area contributed by atoms with Crippen molar-refractivity contribution in [2.45, 2.75) is 30.8 Å². The zero-order valence-corrected chi connectivity index (χ0v) is 19.5. The van der Waals surface area contributed by atoms with Crippen molar-refractivity contribution < 1.29 is 32.2 Å². The second-order valence-corrected chi connectivity index (χ2v) is 9.93. The van der Waals surface area contributed by atoms with Gasteiger partial charge in [-0.2, -0.15) is 0 Å². The summed E-state index contributed by atoms with van der Waals surface area (Å²) in [4.78, 5) is 11.1. The van der Waals surface area contributed by atoms with Gasteiger partial charge in [-0.25, -0.2) is 12.8 Å². The van der Waals surface area contributed by atoms with Gasteiger partial charge in [0.15, 0.2) is 11.6 Å². The summed E-state index contributed by atoms with van der Waals surface area (Å²) < 4.78 is 54.7. The van der Waals surface area contributed by atoms with Gasteiger partial charge >= 0.3 is 5.97 Å². The molecule has 1 heterocycles. The third-order valence-corrected chi connectivity index (χ3v) is 7.38. The summed E-state index contributed by atoms with van der Waals surface area (Å²) in [6.45, 7) is 1.64. The smallest absolute Gasteiger partial charge is 0.303 e. The molecular weight excluding hydrogens is 461 g/mol. The summed E-state index contributed by atoms with van der Waals surface area (Å²) in [5, 5.41) is 9.06. The van der Waals surface area contributed by atoms with Crippen LogP contribution < -0.4 is 13.8 Å². The Morgan fingerprint density at radius 3 is 2.62 bits per heavy atom. The molecule has 0 aliphatic carbocycles. The minimum atomic E-state index is -4.08. The fourth-order valence-corrected chi connectivity index (χ4v) is 5.50. The lowest BCUT2D eigenvalue weighted by Crippen LogP contribution is -2.44. The summed E-state index contributed by atoms with van der Waals surface area (Å²) in [5.41, 5.74) is 1.91. The minimum Gasteiger partial charge on any atom is -0.497 e. The van der Waals surface area contributed by atoms with Crippen molar-refractivity contribution in [1.29, 1.82) is 0 Å². The molecule has 3 aromatic rings. The number of rotatable bonds is 7. The largest absolute Gasteiger partial charge is 0.497 e. The van der Waals surface area contributed by atoms with Crippen molar-refractivity contribution in [1.82, 2.24) is 0 Å². The fraction of sp³-hybridized carbons (Fsp3) is 0.240. The highest BCUT2D eigenvalue weighted by molar-refractivity contribution is 7.92. The number of fused-ring (bicyclic) bond motifs is 1. The number of methoxy groups -OCH3 is 1. The van der Waals surface area contributed by atoms with Crippen LogP contribution >= 0.6 is 0 Å². The number of carboxylic acids is 1. The fourth-order valence-electron chi connectivity index (χ4n) is 3.90. The van der Waals surface area contributed by atoms with Crippen molar-refractivity contribution in [2.75, 3.05) is 18.0 Å². The lowest BCUT2D eigenvalue weighted by atomic mass is 10.0. The van der Waals surface area contributed by atoms with Gasteiger partial charge in [0.25, 0.3) is 10.0 Å². The van der Waals surface area contributed by atoms with Crippen molar-refractivity contribution in [3.63, 3.8) is 0 Å². The molecular formula is C25H24FNO6S. The highest BCUT2D eigenvalue weighted by atomic mass is 32.2. The molecule has 1 N–H and O–H groups in total. The number of sulfonamides is 1. The highest BCUT2D eigenvalue weighted by Crippen LogP contribution is 2.43. The van der Waals surface area contributed by atoms with Crippen molar-refractivity contribution in [2.24, 2.45) is 0 Å². The van der Waals surface area contributed by atoms with E-state index in [1.165, 1.54) is 19.2 Å². The summed E-state index contributed by atoms with van der Waals surface area (Å²) in [6.07, 6.45) is -1.02. The molecule has 3 aromatic carbocycles.